The highest BCUT2D eigenvalue weighted by molar-refractivity contribution is 6.31. The topological polar surface area (TPSA) is 0 Å². The number of halogens is 4. The lowest BCUT2D eigenvalue weighted by Crippen LogP contribution is -2.01. The van der Waals surface area contributed by atoms with Gasteiger partial charge in [-0.15, -0.1) is 0 Å². The molecule has 0 spiro atoms. The zero-order valence-electron chi connectivity index (χ0n) is 7.24. The summed E-state index contributed by atoms with van der Waals surface area (Å²) in [6, 6.07) is 4.54. The molecule has 0 N–H and O–H groups in total. The zero-order valence-corrected chi connectivity index (χ0v) is 8.00. The number of alkyl halides is 3. The van der Waals surface area contributed by atoms with E-state index in [-0.39, 0.29) is 5.56 Å². The molecule has 0 aromatic heterocycles. The number of hydrogen-bond acceptors (Lipinski definition) is 0. The third-order valence-corrected chi connectivity index (χ3v) is 1.93. The summed E-state index contributed by atoms with van der Waals surface area (Å²) in [5.41, 5.74) is 1.07. The molecule has 0 aliphatic heterocycles. The Labute approximate surface area is 84.7 Å². The summed E-state index contributed by atoms with van der Waals surface area (Å²) in [5, 5.41) is 0.416. The van der Waals surface area contributed by atoms with Crippen LogP contribution in [0.1, 0.15) is 11.1 Å². The molecule has 1 rings (SSSR count). The lowest BCUT2D eigenvalue weighted by molar-refractivity contribution is -0.0696. The zero-order chi connectivity index (χ0) is 10.8. The normalized spacial score (nSPS) is 10.6. The molecule has 0 saturated heterocycles. The Morgan fingerprint density at radius 2 is 1.93 bits per heavy atom. The second-order valence-electron chi connectivity index (χ2n) is 2.71. The van der Waals surface area contributed by atoms with Crippen molar-refractivity contribution < 1.29 is 13.2 Å². The fraction of sp³-hybridized carbons (Fsp3) is 0.200. The van der Waals surface area contributed by atoms with Gasteiger partial charge in [0.15, 0.2) is 0 Å². The minimum absolute atomic E-state index is 0.262. The molecule has 0 radical (unpaired) electrons. The van der Waals surface area contributed by atoms with E-state index in [1.54, 1.807) is 13.0 Å². The first-order valence-electron chi connectivity index (χ1n) is 3.74. The number of benzene rings is 1. The standard InChI is InChI=1S/C10H6ClF3/c1-7-2-3-8(6-9(7)11)4-5-10(12,13)14/h2-3,6H,1H3. The Balaban J connectivity index is 2.98. The Kier molecular flexibility index (Phi) is 3.07. The van der Waals surface area contributed by atoms with Crippen LogP contribution in [-0.4, -0.2) is 6.18 Å². The van der Waals surface area contributed by atoms with E-state index in [0.717, 1.165) is 5.56 Å². The van der Waals surface area contributed by atoms with E-state index in [1.165, 1.54) is 18.1 Å². The molecule has 1 aromatic carbocycles. The molecule has 0 amide bonds. The Morgan fingerprint density at radius 1 is 1.29 bits per heavy atom. The van der Waals surface area contributed by atoms with Gasteiger partial charge in [0.05, 0.1) is 0 Å². The number of aryl methyl sites for hydroxylation is 1. The molecule has 0 unspecified atom stereocenters. The summed E-state index contributed by atoms with van der Waals surface area (Å²) in [4.78, 5) is 0. The summed E-state index contributed by atoms with van der Waals surface area (Å²) >= 11 is 5.71. The molecule has 1 aromatic rings. The van der Waals surface area contributed by atoms with Crippen LogP contribution >= 0.6 is 11.6 Å². The van der Waals surface area contributed by atoms with Gasteiger partial charge < -0.3 is 0 Å². The molecule has 0 atom stereocenters. The monoisotopic (exact) mass is 218 g/mol. The summed E-state index contributed by atoms with van der Waals surface area (Å²) in [7, 11) is 0. The average Bonchev–Trinajstić information content (AvgIpc) is 2.06. The highest BCUT2D eigenvalue weighted by Crippen LogP contribution is 2.17. The van der Waals surface area contributed by atoms with Gasteiger partial charge in [-0.2, -0.15) is 13.2 Å². The van der Waals surface area contributed by atoms with E-state index < -0.39 is 6.18 Å². The molecule has 0 heterocycles. The van der Waals surface area contributed by atoms with Gasteiger partial charge in [-0.1, -0.05) is 23.6 Å². The average molecular weight is 219 g/mol. The minimum Gasteiger partial charge on any atom is -0.159 e. The van der Waals surface area contributed by atoms with Crippen molar-refractivity contribution in [3.63, 3.8) is 0 Å². The van der Waals surface area contributed by atoms with Crippen molar-refractivity contribution in [2.75, 3.05) is 0 Å². The lowest BCUT2D eigenvalue weighted by Gasteiger charge is -1.97. The van der Waals surface area contributed by atoms with Gasteiger partial charge in [-0.25, -0.2) is 0 Å². The molecular formula is C10H6ClF3. The Morgan fingerprint density at radius 3 is 2.43 bits per heavy atom. The number of rotatable bonds is 0. The van der Waals surface area contributed by atoms with E-state index in [1.807, 2.05) is 5.92 Å². The second-order valence-corrected chi connectivity index (χ2v) is 3.12. The van der Waals surface area contributed by atoms with Crippen LogP contribution in [-0.2, 0) is 0 Å². The van der Waals surface area contributed by atoms with Gasteiger partial charge in [-0.3, -0.25) is 0 Å². The molecular weight excluding hydrogens is 213 g/mol. The molecule has 14 heavy (non-hydrogen) atoms. The predicted molar refractivity (Wildman–Crippen MR) is 49.1 cm³/mol. The molecule has 0 bridgehead atoms. The van der Waals surface area contributed by atoms with Gasteiger partial charge in [0, 0.05) is 16.5 Å². The quantitative estimate of drug-likeness (QED) is 0.584. The van der Waals surface area contributed by atoms with Crippen LogP contribution < -0.4 is 0 Å². The van der Waals surface area contributed by atoms with Crippen molar-refractivity contribution in [2.45, 2.75) is 13.1 Å². The van der Waals surface area contributed by atoms with Crippen LogP contribution in [0.15, 0.2) is 18.2 Å². The maximum atomic E-state index is 11.7. The third kappa shape index (κ3) is 3.31. The van der Waals surface area contributed by atoms with Crippen LogP contribution in [0.2, 0.25) is 5.02 Å². The van der Waals surface area contributed by atoms with Crippen LogP contribution in [0.4, 0.5) is 13.2 Å². The molecule has 0 aliphatic carbocycles. The van der Waals surface area contributed by atoms with Gasteiger partial charge in [0.1, 0.15) is 0 Å². The molecule has 4 heteroatoms. The summed E-state index contributed by atoms with van der Waals surface area (Å²) < 4.78 is 35.1. The second kappa shape index (κ2) is 3.93. The van der Waals surface area contributed by atoms with Crippen LogP contribution in [0.3, 0.4) is 0 Å². The van der Waals surface area contributed by atoms with E-state index >= 15 is 0 Å². The van der Waals surface area contributed by atoms with E-state index in [9.17, 15) is 13.2 Å². The molecule has 0 nitrogen and oxygen atoms in total. The molecule has 74 valence electrons. The first-order valence-corrected chi connectivity index (χ1v) is 4.12. The minimum atomic E-state index is -4.46. The smallest absolute Gasteiger partial charge is 0.159 e. The van der Waals surface area contributed by atoms with Gasteiger partial charge in [-0.05, 0) is 24.6 Å². The highest BCUT2D eigenvalue weighted by atomic mass is 35.5. The van der Waals surface area contributed by atoms with Gasteiger partial charge in [0.25, 0.3) is 0 Å². The van der Waals surface area contributed by atoms with Crippen molar-refractivity contribution in [3.8, 4) is 11.8 Å². The number of hydrogen-bond donors (Lipinski definition) is 0. The first kappa shape index (κ1) is 10.9. The largest absolute Gasteiger partial charge is 0.458 e. The van der Waals surface area contributed by atoms with Gasteiger partial charge in [0.2, 0.25) is 0 Å². The van der Waals surface area contributed by atoms with E-state index in [0.29, 0.717) is 5.02 Å². The van der Waals surface area contributed by atoms with Gasteiger partial charge >= 0.3 is 6.18 Å². The molecule has 0 fully saturated rings. The first-order chi connectivity index (χ1) is 6.38. The van der Waals surface area contributed by atoms with Crippen LogP contribution in [0.25, 0.3) is 0 Å². The maximum absolute atomic E-state index is 11.7. The Bertz CT molecular complexity index is 396. The van der Waals surface area contributed by atoms with E-state index in [2.05, 4.69) is 0 Å². The van der Waals surface area contributed by atoms with Crippen molar-refractivity contribution in [3.05, 3.63) is 34.3 Å². The summed E-state index contributed by atoms with van der Waals surface area (Å²) in [6.07, 6.45) is -4.46. The summed E-state index contributed by atoms with van der Waals surface area (Å²) in [6.45, 7) is 1.77. The Hall–Kier alpha value is -1.14. The predicted octanol–water partition coefficient (Wildman–Crippen LogP) is 3.56. The molecule has 0 aliphatic rings. The fourth-order valence-electron chi connectivity index (χ4n) is 0.814. The maximum Gasteiger partial charge on any atom is 0.458 e. The molecule has 0 saturated carbocycles. The third-order valence-electron chi connectivity index (χ3n) is 1.52. The summed E-state index contributed by atoms with van der Waals surface area (Å²) in [5.74, 6) is 3.17. The lowest BCUT2D eigenvalue weighted by atomic mass is 10.1. The highest BCUT2D eigenvalue weighted by Gasteiger charge is 2.22. The van der Waals surface area contributed by atoms with Crippen LogP contribution in [0, 0.1) is 18.8 Å². The van der Waals surface area contributed by atoms with Crippen molar-refractivity contribution in [1.29, 1.82) is 0 Å². The van der Waals surface area contributed by atoms with E-state index in [4.69, 9.17) is 11.6 Å². The van der Waals surface area contributed by atoms with Crippen LogP contribution in [0.5, 0.6) is 0 Å². The fourth-order valence-corrected chi connectivity index (χ4v) is 0.994. The van der Waals surface area contributed by atoms with Crippen molar-refractivity contribution in [1.82, 2.24) is 0 Å². The van der Waals surface area contributed by atoms with Crippen molar-refractivity contribution in [2.24, 2.45) is 0 Å². The SMILES string of the molecule is Cc1ccc(C#CC(F)(F)F)cc1Cl. The van der Waals surface area contributed by atoms with Crippen molar-refractivity contribution >= 4 is 11.6 Å².